The van der Waals surface area contributed by atoms with E-state index in [0.717, 1.165) is 5.56 Å². The molecule has 2 heteroatoms. The van der Waals surface area contributed by atoms with Crippen molar-refractivity contribution in [3.8, 4) is 0 Å². The molecule has 0 unspecified atom stereocenters. The average Bonchev–Trinajstić information content (AvgIpc) is 2.07. The molecule has 0 saturated heterocycles. The van der Waals surface area contributed by atoms with Crippen LogP contribution in [0.25, 0.3) is 6.08 Å². The summed E-state index contributed by atoms with van der Waals surface area (Å²) >= 11 is 0. The average molecular weight is 164 g/mol. The van der Waals surface area contributed by atoms with Crippen molar-refractivity contribution in [1.29, 1.82) is 0 Å². The van der Waals surface area contributed by atoms with Gasteiger partial charge in [-0.25, -0.2) is 4.39 Å². The number of hydrogen-bond acceptors (Lipinski definition) is 1. The minimum Gasteiger partial charge on any atom is -0.299 e. The molecule has 0 heterocycles. The molecule has 0 bridgehead atoms. The van der Waals surface area contributed by atoms with Crippen LogP contribution in [0.5, 0.6) is 0 Å². The van der Waals surface area contributed by atoms with E-state index in [-0.39, 0.29) is 5.82 Å². The first kappa shape index (κ1) is 8.65. The van der Waals surface area contributed by atoms with Crippen LogP contribution in [0.1, 0.15) is 11.1 Å². The van der Waals surface area contributed by atoms with Crippen molar-refractivity contribution in [1.82, 2.24) is 0 Å². The number of rotatable bonds is 2. The van der Waals surface area contributed by atoms with Gasteiger partial charge in [-0.05, 0) is 31.2 Å². The smallest absolute Gasteiger partial charge is 0.142 e. The predicted molar refractivity (Wildman–Crippen MR) is 46.2 cm³/mol. The third-order valence-electron chi connectivity index (χ3n) is 1.51. The van der Waals surface area contributed by atoms with E-state index in [0.29, 0.717) is 11.8 Å². The van der Waals surface area contributed by atoms with Crippen molar-refractivity contribution in [2.24, 2.45) is 0 Å². The van der Waals surface area contributed by atoms with Gasteiger partial charge in [0, 0.05) is 5.56 Å². The number of carbonyl (C=O) groups excluding carboxylic acids is 1. The number of aryl methyl sites for hydroxylation is 1. The Bertz CT molecular complexity index is 316. The highest BCUT2D eigenvalue weighted by Crippen LogP contribution is 2.10. The van der Waals surface area contributed by atoms with Crippen LogP contribution in [-0.2, 0) is 4.79 Å². The minimum absolute atomic E-state index is 0.307. The maximum Gasteiger partial charge on any atom is 0.142 e. The van der Waals surface area contributed by atoms with Crippen LogP contribution < -0.4 is 0 Å². The Kier molecular flexibility index (Phi) is 2.75. The molecule has 0 atom stereocenters. The van der Waals surface area contributed by atoms with E-state index < -0.39 is 0 Å². The van der Waals surface area contributed by atoms with Crippen molar-refractivity contribution >= 4 is 12.4 Å². The fourth-order valence-corrected chi connectivity index (χ4v) is 0.934. The van der Waals surface area contributed by atoms with Crippen LogP contribution in [0.2, 0.25) is 0 Å². The highest BCUT2D eigenvalue weighted by Gasteiger charge is 1.96. The van der Waals surface area contributed by atoms with E-state index in [1.807, 2.05) is 6.92 Å². The topological polar surface area (TPSA) is 17.1 Å². The van der Waals surface area contributed by atoms with E-state index in [9.17, 15) is 9.18 Å². The van der Waals surface area contributed by atoms with Gasteiger partial charge < -0.3 is 0 Å². The van der Waals surface area contributed by atoms with Crippen molar-refractivity contribution < 1.29 is 9.18 Å². The maximum atomic E-state index is 12.9. The van der Waals surface area contributed by atoms with E-state index in [1.54, 1.807) is 12.1 Å². The largest absolute Gasteiger partial charge is 0.299 e. The summed E-state index contributed by atoms with van der Waals surface area (Å²) in [6.07, 6.45) is 3.36. The SMILES string of the molecule is Cc1ccc(F)c(C=CC=O)c1. The number of carbonyl (C=O) groups is 1. The zero-order valence-corrected chi connectivity index (χ0v) is 6.75. The van der Waals surface area contributed by atoms with Crippen molar-refractivity contribution in [3.05, 3.63) is 41.2 Å². The minimum atomic E-state index is -0.307. The first-order valence-corrected chi connectivity index (χ1v) is 3.62. The van der Waals surface area contributed by atoms with Crippen LogP contribution in [0.4, 0.5) is 4.39 Å². The molecule has 0 aliphatic rings. The number of allylic oxidation sites excluding steroid dienone is 1. The van der Waals surface area contributed by atoms with Crippen LogP contribution in [-0.4, -0.2) is 6.29 Å². The Hall–Kier alpha value is -1.44. The van der Waals surface area contributed by atoms with Gasteiger partial charge in [0.25, 0.3) is 0 Å². The predicted octanol–water partition coefficient (Wildman–Crippen LogP) is 2.35. The molecule has 1 aromatic carbocycles. The number of benzene rings is 1. The molecule has 0 aliphatic carbocycles. The second-order valence-corrected chi connectivity index (χ2v) is 2.52. The van der Waals surface area contributed by atoms with Gasteiger partial charge in [0.2, 0.25) is 0 Å². The molecule has 0 amide bonds. The van der Waals surface area contributed by atoms with Gasteiger partial charge in [0.05, 0.1) is 0 Å². The quantitative estimate of drug-likeness (QED) is 0.484. The zero-order chi connectivity index (χ0) is 8.97. The molecular formula is C10H9FO. The Morgan fingerprint density at radius 3 is 2.83 bits per heavy atom. The zero-order valence-electron chi connectivity index (χ0n) is 6.75. The number of halogens is 1. The van der Waals surface area contributed by atoms with Crippen molar-refractivity contribution in [3.63, 3.8) is 0 Å². The molecule has 12 heavy (non-hydrogen) atoms. The van der Waals surface area contributed by atoms with Gasteiger partial charge in [-0.2, -0.15) is 0 Å². The molecule has 0 aliphatic heterocycles. The van der Waals surface area contributed by atoms with Crippen LogP contribution in [0.15, 0.2) is 24.3 Å². The molecule has 0 spiro atoms. The molecule has 0 radical (unpaired) electrons. The monoisotopic (exact) mass is 164 g/mol. The lowest BCUT2D eigenvalue weighted by molar-refractivity contribution is -0.104. The van der Waals surface area contributed by atoms with E-state index in [1.165, 1.54) is 18.2 Å². The fraction of sp³-hybridized carbons (Fsp3) is 0.100. The second kappa shape index (κ2) is 3.81. The molecule has 1 aromatic rings. The summed E-state index contributed by atoms with van der Waals surface area (Å²) < 4.78 is 12.9. The van der Waals surface area contributed by atoms with Crippen LogP contribution >= 0.6 is 0 Å². The normalized spacial score (nSPS) is 10.5. The highest BCUT2D eigenvalue weighted by molar-refractivity contribution is 5.74. The second-order valence-electron chi connectivity index (χ2n) is 2.52. The van der Waals surface area contributed by atoms with Gasteiger partial charge in [0.1, 0.15) is 12.1 Å². The van der Waals surface area contributed by atoms with Gasteiger partial charge >= 0.3 is 0 Å². The molecule has 0 N–H and O–H groups in total. The van der Waals surface area contributed by atoms with E-state index >= 15 is 0 Å². The molecular weight excluding hydrogens is 155 g/mol. The summed E-state index contributed by atoms with van der Waals surface area (Å²) in [4.78, 5) is 9.97. The van der Waals surface area contributed by atoms with Gasteiger partial charge in [0.15, 0.2) is 0 Å². The summed E-state index contributed by atoms with van der Waals surface area (Å²) in [6, 6.07) is 4.77. The van der Waals surface area contributed by atoms with Gasteiger partial charge in [-0.1, -0.05) is 11.6 Å². The van der Waals surface area contributed by atoms with Gasteiger partial charge in [-0.15, -0.1) is 0 Å². The Balaban J connectivity index is 3.04. The number of aldehydes is 1. The summed E-state index contributed by atoms with van der Waals surface area (Å²) in [5.74, 6) is -0.307. The summed E-state index contributed by atoms with van der Waals surface area (Å²) in [5, 5.41) is 0. The molecule has 0 aromatic heterocycles. The molecule has 0 fully saturated rings. The third kappa shape index (κ3) is 2.02. The van der Waals surface area contributed by atoms with Crippen LogP contribution in [0, 0.1) is 12.7 Å². The molecule has 1 rings (SSSR count). The maximum absolute atomic E-state index is 12.9. The Morgan fingerprint density at radius 2 is 2.17 bits per heavy atom. The van der Waals surface area contributed by atoms with Crippen molar-refractivity contribution in [2.75, 3.05) is 0 Å². The standard InChI is InChI=1S/C10H9FO/c1-8-4-5-10(11)9(7-8)3-2-6-12/h2-7H,1H3. The number of hydrogen-bond donors (Lipinski definition) is 0. The molecule has 0 saturated carbocycles. The highest BCUT2D eigenvalue weighted by atomic mass is 19.1. The van der Waals surface area contributed by atoms with Crippen molar-refractivity contribution in [2.45, 2.75) is 6.92 Å². The lowest BCUT2D eigenvalue weighted by atomic mass is 10.1. The van der Waals surface area contributed by atoms with Gasteiger partial charge in [-0.3, -0.25) is 4.79 Å². The third-order valence-corrected chi connectivity index (χ3v) is 1.51. The molecule has 1 nitrogen and oxygen atoms in total. The summed E-state index contributed by atoms with van der Waals surface area (Å²) in [6.45, 7) is 1.87. The first-order chi connectivity index (χ1) is 5.74. The van der Waals surface area contributed by atoms with E-state index in [2.05, 4.69) is 0 Å². The Labute approximate surface area is 70.5 Å². The van der Waals surface area contributed by atoms with E-state index in [4.69, 9.17) is 0 Å². The Morgan fingerprint density at radius 1 is 1.42 bits per heavy atom. The summed E-state index contributed by atoms with van der Waals surface area (Å²) in [5.41, 5.74) is 1.42. The molecule has 62 valence electrons. The lowest BCUT2D eigenvalue weighted by Gasteiger charge is -1.97. The fourth-order valence-electron chi connectivity index (χ4n) is 0.934. The van der Waals surface area contributed by atoms with Crippen LogP contribution in [0.3, 0.4) is 0 Å². The lowest BCUT2D eigenvalue weighted by Crippen LogP contribution is -1.82. The summed E-state index contributed by atoms with van der Waals surface area (Å²) in [7, 11) is 0. The first-order valence-electron chi connectivity index (χ1n) is 3.62.